The van der Waals surface area contributed by atoms with Gasteiger partial charge in [0.05, 0.1) is 6.26 Å². The van der Waals surface area contributed by atoms with Crippen LogP contribution < -0.4 is 5.32 Å². The first-order valence-electron chi connectivity index (χ1n) is 9.32. The summed E-state index contributed by atoms with van der Waals surface area (Å²) in [6.45, 7) is 2.63. The van der Waals surface area contributed by atoms with Crippen molar-refractivity contribution in [2.24, 2.45) is 5.92 Å². The summed E-state index contributed by atoms with van der Waals surface area (Å²) in [7, 11) is 0. The van der Waals surface area contributed by atoms with E-state index in [0.717, 1.165) is 31.6 Å². The number of carbonyl (C=O) groups is 2. The Morgan fingerprint density at radius 1 is 1.17 bits per heavy atom. The zero-order chi connectivity index (χ0) is 16.9. The number of furan rings is 1. The lowest BCUT2D eigenvalue weighted by Crippen LogP contribution is -2.44. The highest BCUT2D eigenvalue weighted by Crippen LogP contribution is 2.36. The highest BCUT2D eigenvalue weighted by molar-refractivity contribution is 5.91. The standard InChI is InChI=1S/C19H28N2O3/c1-2-14-5-7-15(8-6-14)21(16-9-10-16)18(22)11-12-20-19(23)17-4-3-13-24-17/h3-4,13-16H,2,5-12H2,1H3,(H,20,23). The average Bonchev–Trinajstić information content (AvgIpc) is 3.26. The van der Waals surface area contributed by atoms with Crippen molar-refractivity contribution in [3.63, 3.8) is 0 Å². The molecule has 24 heavy (non-hydrogen) atoms. The lowest BCUT2D eigenvalue weighted by atomic mass is 9.83. The first-order chi connectivity index (χ1) is 11.7. The molecule has 5 nitrogen and oxygen atoms in total. The van der Waals surface area contributed by atoms with Crippen LogP contribution in [0.3, 0.4) is 0 Å². The van der Waals surface area contributed by atoms with Gasteiger partial charge in [-0.3, -0.25) is 9.59 Å². The lowest BCUT2D eigenvalue weighted by Gasteiger charge is -2.37. The van der Waals surface area contributed by atoms with Gasteiger partial charge in [-0.05, 0) is 56.6 Å². The molecule has 0 radical (unpaired) electrons. The van der Waals surface area contributed by atoms with Crippen molar-refractivity contribution in [3.8, 4) is 0 Å². The van der Waals surface area contributed by atoms with E-state index in [4.69, 9.17) is 4.42 Å². The maximum atomic E-state index is 12.7. The fourth-order valence-corrected chi connectivity index (χ4v) is 3.80. The van der Waals surface area contributed by atoms with E-state index in [1.165, 1.54) is 25.5 Å². The van der Waals surface area contributed by atoms with Crippen LogP contribution >= 0.6 is 0 Å². The predicted octanol–water partition coefficient (Wildman–Crippen LogP) is 3.36. The summed E-state index contributed by atoms with van der Waals surface area (Å²) in [5.41, 5.74) is 0. The maximum absolute atomic E-state index is 12.7. The topological polar surface area (TPSA) is 62.6 Å². The van der Waals surface area contributed by atoms with Gasteiger partial charge < -0.3 is 14.6 Å². The number of carbonyl (C=O) groups excluding carboxylic acids is 2. The molecular formula is C19H28N2O3. The third-order valence-electron chi connectivity index (χ3n) is 5.38. The molecular weight excluding hydrogens is 304 g/mol. The first-order valence-corrected chi connectivity index (χ1v) is 9.32. The summed E-state index contributed by atoms with van der Waals surface area (Å²) in [5, 5.41) is 2.77. The molecule has 0 bridgehead atoms. The highest BCUT2D eigenvalue weighted by Gasteiger charge is 2.38. The zero-order valence-electron chi connectivity index (χ0n) is 14.5. The molecule has 2 fully saturated rings. The molecule has 2 aliphatic rings. The molecule has 1 N–H and O–H groups in total. The van der Waals surface area contributed by atoms with Crippen molar-refractivity contribution in [3.05, 3.63) is 24.2 Å². The fourth-order valence-electron chi connectivity index (χ4n) is 3.80. The van der Waals surface area contributed by atoms with Crippen LogP contribution in [-0.4, -0.2) is 35.3 Å². The van der Waals surface area contributed by atoms with E-state index in [-0.39, 0.29) is 11.8 Å². The van der Waals surface area contributed by atoms with Gasteiger partial charge in [-0.2, -0.15) is 0 Å². The van der Waals surface area contributed by atoms with Crippen molar-refractivity contribution >= 4 is 11.8 Å². The Morgan fingerprint density at radius 2 is 1.83 bits per heavy atom. The van der Waals surface area contributed by atoms with E-state index >= 15 is 0 Å². The van der Waals surface area contributed by atoms with Crippen molar-refractivity contribution < 1.29 is 14.0 Å². The summed E-state index contributed by atoms with van der Waals surface area (Å²) in [4.78, 5) is 26.7. The normalized spacial score (nSPS) is 23.7. The number of hydrogen-bond acceptors (Lipinski definition) is 3. The van der Waals surface area contributed by atoms with Crippen molar-refractivity contribution in [2.75, 3.05) is 6.54 Å². The van der Waals surface area contributed by atoms with Gasteiger partial charge in [-0.25, -0.2) is 0 Å². The van der Waals surface area contributed by atoms with Crippen LogP contribution in [0.4, 0.5) is 0 Å². The third kappa shape index (κ3) is 4.19. The van der Waals surface area contributed by atoms with Crippen LogP contribution in [0, 0.1) is 5.92 Å². The Labute approximate surface area is 143 Å². The van der Waals surface area contributed by atoms with Crippen LogP contribution in [0.5, 0.6) is 0 Å². The molecule has 0 saturated heterocycles. The van der Waals surface area contributed by atoms with Crippen LogP contribution in [0.2, 0.25) is 0 Å². The van der Waals surface area contributed by atoms with E-state index in [9.17, 15) is 9.59 Å². The molecule has 0 unspecified atom stereocenters. The summed E-state index contributed by atoms with van der Waals surface area (Å²) in [5.74, 6) is 1.07. The zero-order valence-corrected chi connectivity index (χ0v) is 14.5. The van der Waals surface area contributed by atoms with Crippen molar-refractivity contribution in [2.45, 2.75) is 70.4 Å². The molecule has 1 aromatic rings. The number of nitrogens with one attached hydrogen (secondary N) is 1. The quantitative estimate of drug-likeness (QED) is 0.833. The second-order valence-corrected chi connectivity index (χ2v) is 7.10. The summed E-state index contributed by atoms with van der Waals surface area (Å²) >= 11 is 0. The predicted molar refractivity (Wildman–Crippen MR) is 91.6 cm³/mol. The minimum absolute atomic E-state index is 0.192. The molecule has 1 heterocycles. The Kier molecular flexibility index (Phi) is 5.59. The van der Waals surface area contributed by atoms with Gasteiger partial charge in [0.2, 0.25) is 5.91 Å². The summed E-state index contributed by atoms with van der Waals surface area (Å²) in [6, 6.07) is 4.16. The fraction of sp³-hybridized carbons (Fsp3) is 0.684. The van der Waals surface area contributed by atoms with Gasteiger partial charge in [0.15, 0.2) is 5.76 Å². The maximum Gasteiger partial charge on any atom is 0.286 e. The van der Waals surface area contributed by atoms with Crippen molar-refractivity contribution in [1.29, 1.82) is 0 Å². The second-order valence-electron chi connectivity index (χ2n) is 7.10. The molecule has 3 rings (SSSR count). The molecule has 1 aromatic heterocycles. The minimum atomic E-state index is -0.255. The number of nitrogens with zero attached hydrogens (tertiary/aromatic N) is 1. The summed E-state index contributed by atoms with van der Waals surface area (Å²) in [6.07, 6.45) is 10.1. The Morgan fingerprint density at radius 3 is 2.38 bits per heavy atom. The van der Waals surface area contributed by atoms with Gasteiger partial charge in [-0.15, -0.1) is 0 Å². The monoisotopic (exact) mass is 332 g/mol. The third-order valence-corrected chi connectivity index (χ3v) is 5.38. The number of hydrogen-bond donors (Lipinski definition) is 1. The number of amides is 2. The second kappa shape index (κ2) is 7.86. The van der Waals surface area contributed by atoms with Gasteiger partial charge in [0.25, 0.3) is 5.91 Å². The van der Waals surface area contributed by atoms with E-state index < -0.39 is 0 Å². The SMILES string of the molecule is CCC1CCC(N(C(=O)CCNC(=O)c2ccco2)C2CC2)CC1. The molecule has 0 aromatic carbocycles. The van der Waals surface area contributed by atoms with Crippen LogP contribution in [-0.2, 0) is 4.79 Å². The van der Waals surface area contributed by atoms with E-state index in [1.54, 1.807) is 12.1 Å². The van der Waals surface area contributed by atoms with Gasteiger partial charge in [0, 0.05) is 25.0 Å². The molecule has 132 valence electrons. The van der Waals surface area contributed by atoms with Crippen LogP contribution in [0.25, 0.3) is 0 Å². The minimum Gasteiger partial charge on any atom is -0.459 e. The van der Waals surface area contributed by atoms with E-state index in [1.807, 2.05) is 0 Å². The smallest absolute Gasteiger partial charge is 0.286 e. The Bertz CT molecular complexity index is 543. The lowest BCUT2D eigenvalue weighted by molar-refractivity contribution is -0.135. The molecule has 0 atom stereocenters. The molecule has 5 heteroatoms. The highest BCUT2D eigenvalue weighted by atomic mass is 16.3. The largest absolute Gasteiger partial charge is 0.459 e. The summed E-state index contributed by atoms with van der Waals surface area (Å²) < 4.78 is 5.06. The molecule has 2 amide bonds. The average molecular weight is 332 g/mol. The number of rotatable bonds is 7. The molecule has 2 saturated carbocycles. The molecule has 0 aliphatic heterocycles. The van der Waals surface area contributed by atoms with Crippen molar-refractivity contribution in [1.82, 2.24) is 10.2 Å². The van der Waals surface area contributed by atoms with Gasteiger partial charge in [-0.1, -0.05) is 13.3 Å². The van der Waals surface area contributed by atoms with Gasteiger partial charge in [0.1, 0.15) is 0 Å². The molecule has 0 spiro atoms. The van der Waals surface area contributed by atoms with E-state index in [2.05, 4.69) is 17.1 Å². The van der Waals surface area contributed by atoms with Crippen LogP contribution in [0.15, 0.2) is 22.8 Å². The van der Waals surface area contributed by atoms with Gasteiger partial charge >= 0.3 is 0 Å². The Hall–Kier alpha value is -1.78. The van der Waals surface area contributed by atoms with Crippen LogP contribution in [0.1, 0.15) is 68.8 Å². The molecule has 2 aliphatic carbocycles. The Balaban J connectivity index is 1.47. The first kappa shape index (κ1) is 17.1. The van der Waals surface area contributed by atoms with E-state index in [0.29, 0.717) is 30.8 Å².